The molecule has 1 unspecified atom stereocenters. The first-order valence-corrected chi connectivity index (χ1v) is 5.32. The molecule has 2 amide bonds. The summed E-state index contributed by atoms with van der Waals surface area (Å²) >= 11 is 0. The van der Waals surface area contributed by atoms with Gasteiger partial charge in [-0.3, -0.25) is 9.59 Å². The fourth-order valence-corrected chi connectivity index (χ4v) is 2.09. The van der Waals surface area contributed by atoms with Crippen LogP contribution in [0.2, 0.25) is 0 Å². The van der Waals surface area contributed by atoms with E-state index in [0.29, 0.717) is 39.1 Å². The van der Waals surface area contributed by atoms with Crippen molar-refractivity contribution in [1.82, 2.24) is 9.80 Å². The average molecular weight is 212 g/mol. The molecule has 0 aliphatic carbocycles. The van der Waals surface area contributed by atoms with Crippen molar-refractivity contribution in [2.24, 2.45) is 0 Å². The molecular formula is C10H16N2O3. The Kier molecular flexibility index (Phi) is 2.90. The van der Waals surface area contributed by atoms with Crippen LogP contribution in [0.15, 0.2) is 0 Å². The lowest BCUT2D eigenvalue weighted by atomic mass is 10.2. The Morgan fingerprint density at radius 1 is 1.40 bits per heavy atom. The van der Waals surface area contributed by atoms with Gasteiger partial charge in [-0.2, -0.15) is 0 Å². The van der Waals surface area contributed by atoms with E-state index in [0.717, 1.165) is 0 Å². The first-order valence-electron chi connectivity index (χ1n) is 5.32. The van der Waals surface area contributed by atoms with E-state index in [1.165, 1.54) is 0 Å². The van der Waals surface area contributed by atoms with Crippen molar-refractivity contribution in [2.75, 3.05) is 33.4 Å². The molecule has 1 atom stereocenters. The number of ether oxygens (including phenoxy) is 1. The van der Waals surface area contributed by atoms with Crippen LogP contribution in [0.25, 0.3) is 0 Å². The Morgan fingerprint density at radius 2 is 2.07 bits per heavy atom. The van der Waals surface area contributed by atoms with Crippen molar-refractivity contribution in [3.8, 4) is 0 Å². The maximum Gasteiger partial charge on any atom is 0.245 e. The summed E-state index contributed by atoms with van der Waals surface area (Å²) in [6, 6.07) is -0.240. The van der Waals surface area contributed by atoms with Crippen molar-refractivity contribution >= 4 is 11.8 Å². The van der Waals surface area contributed by atoms with Crippen molar-refractivity contribution < 1.29 is 14.3 Å². The van der Waals surface area contributed by atoms with Crippen LogP contribution < -0.4 is 0 Å². The smallest absolute Gasteiger partial charge is 0.245 e. The Balaban J connectivity index is 1.98. The maximum atomic E-state index is 12.0. The number of likely N-dealkylation sites (tertiary alicyclic amines) is 1. The summed E-state index contributed by atoms with van der Waals surface area (Å²) in [6.45, 7) is 2.51. The van der Waals surface area contributed by atoms with Gasteiger partial charge < -0.3 is 14.5 Å². The molecule has 0 spiro atoms. The predicted molar refractivity (Wildman–Crippen MR) is 53.2 cm³/mol. The van der Waals surface area contributed by atoms with Crippen LogP contribution in [0.3, 0.4) is 0 Å². The summed E-state index contributed by atoms with van der Waals surface area (Å²) in [5.41, 5.74) is 0. The van der Waals surface area contributed by atoms with Crippen molar-refractivity contribution in [2.45, 2.75) is 18.9 Å². The highest BCUT2D eigenvalue weighted by atomic mass is 16.5. The van der Waals surface area contributed by atoms with Gasteiger partial charge in [0.1, 0.15) is 6.04 Å². The minimum Gasteiger partial charge on any atom is -0.378 e. The van der Waals surface area contributed by atoms with Crippen LogP contribution >= 0.6 is 0 Å². The van der Waals surface area contributed by atoms with Gasteiger partial charge in [0.25, 0.3) is 0 Å². The molecule has 2 saturated heterocycles. The molecule has 0 aromatic heterocycles. The fraction of sp³-hybridized carbons (Fsp3) is 0.800. The van der Waals surface area contributed by atoms with Crippen molar-refractivity contribution in [3.05, 3.63) is 0 Å². The molecule has 0 radical (unpaired) electrons. The normalized spacial score (nSPS) is 27.3. The standard InChI is InChI=1S/C10H16N2O3/c1-11-8(2-3-9(11)13)10(14)12-4-6-15-7-5-12/h8H,2-7H2,1H3. The van der Waals surface area contributed by atoms with E-state index < -0.39 is 0 Å². The second-order valence-corrected chi connectivity index (χ2v) is 4.00. The lowest BCUT2D eigenvalue weighted by Crippen LogP contribution is -2.49. The quantitative estimate of drug-likeness (QED) is 0.587. The van der Waals surface area contributed by atoms with Crippen LogP contribution in [-0.4, -0.2) is 61.0 Å². The summed E-state index contributed by atoms with van der Waals surface area (Å²) in [4.78, 5) is 26.7. The van der Waals surface area contributed by atoms with Crippen LogP contribution in [0, 0.1) is 0 Å². The van der Waals surface area contributed by atoms with Crippen LogP contribution in [0.1, 0.15) is 12.8 Å². The summed E-state index contributed by atoms with van der Waals surface area (Å²) in [6.07, 6.45) is 1.16. The summed E-state index contributed by atoms with van der Waals surface area (Å²) in [5, 5.41) is 0. The number of carbonyl (C=O) groups excluding carboxylic acids is 2. The third-order valence-electron chi connectivity index (χ3n) is 3.10. The van der Waals surface area contributed by atoms with E-state index in [1.54, 1.807) is 16.8 Å². The van der Waals surface area contributed by atoms with E-state index in [2.05, 4.69) is 0 Å². The van der Waals surface area contributed by atoms with E-state index in [-0.39, 0.29) is 17.9 Å². The molecule has 2 aliphatic heterocycles. The molecule has 84 valence electrons. The predicted octanol–water partition coefficient (Wildman–Crippen LogP) is -0.534. The SMILES string of the molecule is CN1C(=O)CCC1C(=O)N1CCOCC1. The molecule has 15 heavy (non-hydrogen) atoms. The molecule has 0 aromatic carbocycles. The molecule has 0 aromatic rings. The minimum atomic E-state index is -0.240. The number of nitrogens with zero attached hydrogens (tertiary/aromatic N) is 2. The number of hydrogen-bond donors (Lipinski definition) is 0. The lowest BCUT2D eigenvalue weighted by molar-refractivity contribution is -0.143. The topological polar surface area (TPSA) is 49.9 Å². The summed E-state index contributed by atoms with van der Waals surface area (Å²) in [5.74, 6) is 0.147. The minimum absolute atomic E-state index is 0.0709. The molecule has 5 nitrogen and oxygen atoms in total. The highest BCUT2D eigenvalue weighted by Gasteiger charge is 2.36. The van der Waals surface area contributed by atoms with Crippen molar-refractivity contribution in [3.63, 3.8) is 0 Å². The molecule has 0 N–H and O–H groups in total. The Bertz CT molecular complexity index is 274. The summed E-state index contributed by atoms with van der Waals surface area (Å²) < 4.78 is 5.19. The van der Waals surface area contributed by atoms with Crippen LogP contribution in [-0.2, 0) is 14.3 Å². The number of amides is 2. The monoisotopic (exact) mass is 212 g/mol. The number of hydrogen-bond acceptors (Lipinski definition) is 3. The molecule has 2 fully saturated rings. The largest absolute Gasteiger partial charge is 0.378 e. The zero-order valence-electron chi connectivity index (χ0n) is 8.94. The number of rotatable bonds is 1. The van der Waals surface area contributed by atoms with E-state index in [4.69, 9.17) is 4.74 Å². The Hall–Kier alpha value is -1.10. The first-order chi connectivity index (χ1) is 7.20. The molecule has 2 aliphatic rings. The zero-order chi connectivity index (χ0) is 10.8. The zero-order valence-corrected chi connectivity index (χ0v) is 8.94. The molecule has 5 heteroatoms. The average Bonchev–Trinajstić information content (AvgIpc) is 2.60. The van der Waals surface area contributed by atoms with E-state index in [1.807, 2.05) is 0 Å². The van der Waals surface area contributed by atoms with Gasteiger partial charge in [-0.25, -0.2) is 0 Å². The molecule has 0 saturated carbocycles. The number of carbonyl (C=O) groups is 2. The van der Waals surface area contributed by atoms with E-state index >= 15 is 0 Å². The summed E-state index contributed by atoms with van der Waals surface area (Å²) in [7, 11) is 1.71. The lowest BCUT2D eigenvalue weighted by Gasteiger charge is -2.31. The van der Waals surface area contributed by atoms with Gasteiger partial charge in [-0.05, 0) is 6.42 Å². The highest BCUT2D eigenvalue weighted by molar-refractivity contribution is 5.90. The van der Waals surface area contributed by atoms with Gasteiger partial charge in [0, 0.05) is 26.6 Å². The Morgan fingerprint density at radius 3 is 2.60 bits per heavy atom. The third-order valence-corrected chi connectivity index (χ3v) is 3.10. The van der Waals surface area contributed by atoms with Gasteiger partial charge in [-0.15, -0.1) is 0 Å². The second-order valence-electron chi connectivity index (χ2n) is 4.00. The molecule has 2 rings (SSSR count). The first kappa shape index (κ1) is 10.4. The van der Waals surface area contributed by atoms with Gasteiger partial charge >= 0.3 is 0 Å². The molecule has 2 heterocycles. The third kappa shape index (κ3) is 1.97. The van der Waals surface area contributed by atoms with Crippen LogP contribution in [0.4, 0.5) is 0 Å². The number of morpholine rings is 1. The van der Waals surface area contributed by atoms with Crippen molar-refractivity contribution in [1.29, 1.82) is 0 Å². The van der Waals surface area contributed by atoms with Crippen LogP contribution in [0.5, 0.6) is 0 Å². The van der Waals surface area contributed by atoms with Gasteiger partial charge in [0.2, 0.25) is 11.8 Å². The maximum absolute atomic E-state index is 12.0. The molecule has 0 bridgehead atoms. The number of likely N-dealkylation sites (N-methyl/N-ethyl adjacent to an activating group) is 1. The highest BCUT2D eigenvalue weighted by Crippen LogP contribution is 2.18. The van der Waals surface area contributed by atoms with Gasteiger partial charge in [0.05, 0.1) is 13.2 Å². The molecular weight excluding hydrogens is 196 g/mol. The Labute approximate surface area is 89.0 Å². The van der Waals surface area contributed by atoms with Gasteiger partial charge in [0.15, 0.2) is 0 Å². The second kappa shape index (κ2) is 4.18. The fourth-order valence-electron chi connectivity index (χ4n) is 2.09. The van der Waals surface area contributed by atoms with Gasteiger partial charge in [-0.1, -0.05) is 0 Å². The van der Waals surface area contributed by atoms with E-state index in [9.17, 15) is 9.59 Å².